The summed E-state index contributed by atoms with van der Waals surface area (Å²) in [6, 6.07) is 6.23. The van der Waals surface area contributed by atoms with Gasteiger partial charge in [0.1, 0.15) is 0 Å². The van der Waals surface area contributed by atoms with E-state index in [4.69, 9.17) is 18.9 Å². The molecule has 12 nitrogen and oxygen atoms in total. The quantitative estimate of drug-likeness (QED) is 0.169. The zero-order chi connectivity index (χ0) is 27.2. The number of aromatic hydroxyl groups is 2. The SMILES string of the molecule is COc1cc(/C=N/NC(=O)CCCCCC(=O)N/N=C/c2cc(OC)c(O)c(OC)c2)cc(OC)c1O. The predicted octanol–water partition coefficient (Wildman–Crippen LogP) is 2.68. The van der Waals surface area contributed by atoms with Crippen LogP contribution < -0.4 is 29.8 Å². The summed E-state index contributed by atoms with van der Waals surface area (Å²) in [6.07, 6.45) is 5.19. The highest BCUT2D eigenvalue weighted by Crippen LogP contribution is 2.37. The van der Waals surface area contributed by atoms with Crippen molar-refractivity contribution in [3.8, 4) is 34.5 Å². The number of benzene rings is 2. The van der Waals surface area contributed by atoms with Gasteiger partial charge in [0, 0.05) is 24.0 Å². The van der Waals surface area contributed by atoms with Crippen LogP contribution in [0.2, 0.25) is 0 Å². The maximum atomic E-state index is 12.0. The molecule has 0 unspecified atom stereocenters. The summed E-state index contributed by atoms with van der Waals surface area (Å²) < 4.78 is 20.3. The Hall–Kier alpha value is -4.48. The molecule has 0 saturated heterocycles. The van der Waals surface area contributed by atoms with Crippen LogP contribution in [-0.4, -0.2) is 62.9 Å². The van der Waals surface area contributed by atoms with Crippen molar-refractivity contribution < 1.29 is 38.7 Å². The minimum atomic E-state index is -0.261. The number of rotatable bonds is 14. The number of hydrogen-bond donors (Lipinski definition) is 4. The van der Waals surface area contributed by atoms with Crippen LogP contribution in [0.3, 0.4) is 0 Å². The number of nitrogens with zero attached hydrogens (tertiary/aromatic N) is 2. The fraction of sp³-hybridized carbons (Fsp3) is 0.360. The molecular weight excluding hydrogens is 484 g/mol. The molecule has 200 valence electrons. The molecule has 4 N–H and O–H groups in total. The van der Waals surface area contributed by atoms with Gasteiger partial charge in [-0.15, -0.1) is 0 Å². The van der Waals surface area contributed by atoms with E-state index in [2.05, 4.69) is 21.1 Å². The fourth-order valence-electron chi connectivity index (χ4n) is 3.19. The lowest BCUT2D eigenvalue weighted by atomic mass is 10.1. The van der Waals surface area contributed by atoms with E-state index in [-0.39, 0.29) is 59.2 Å². The van der Waals surface area contributed by atoms with Crippen molar-refractivity contribution in [2.45, 2.75) is 32.1 Å². The van der Waals surface area contributed by atoms with E-state index in [0.29, 0.717) is 30.4 Å². The zero-order valence-electron chi connectivity index (χ0n) is 21.2. The Morgan fingerprint density at radius 1 is 0.676 bits per heavy atom. The smallest absolute Gasteiger partial charge is 0.240 e. The van der Waals surface area contributed by atoms with Gasteiger partial charge >= 0.3 is 0 Å². The van der Waals surface area contributed by atoms with Gasteiger partial charge in [-0.1, -0.05) is 6.42 Å². The minimum Gasteiger partial charge on any atom is -0.502 e. The first kappa shape index (κ1) is 28.8. The molecule has 2 rings (SSSR count). The molecule has 37 heavy (non-hydrogen) atoms. The minimum absolute atomic E-state index is 0.120. The number of methoxy groups -OCH3 is 4. The summed E-state index contributed by atoms with van der Waals surface area (Å²) in [7, 11) is 5.67. The number of unbranched alkanes of at least 4 members (excludes halogenated alkanes) is 2. The molecule has 12 heteroatoms. The van der Waals surface area contributed by atoms with Crippen molar-refractivity contribution in [2.75, 3.05) is 28.4 Å². The third-order valence-electron chi connectivity index (χ3n) is 5.12. The van der Waals surface area contributed by atoms with E-state index in [1.807, 2.05) is 0 Å². The molecule has 0 heterocycles. The topological polar surface area (TPSA) is 160 Å². The Balaban J connectivity index is 1.68. The molecule has 0 saturated carbocycles. The number of amides is 2. The second kappa shape index (κ2) is 14.8. The van der Waals surface area contributed by atoms with Gasteiger partial charge in [0.2, 0.25) is 23.3 Å². The van der Waals surface area contributed by atoms with E-state index >= 15 is 0 Å². The van der Waals surface area contributed by atoms with Crippen LogP contribution >= 0.6 is 0 Å². The highest BCUT2D eigenvalue weighted by Gasteiger charge is 2.11. The number of carbonyl (C=O) groups is 2. The maximum Gasteiger partial charge on any atom is 0.240 e. The molecule has 2 amide bonds. The fourth-order valence-corrected chi connectivity index (χ4v) is 3.19. The van der Waals surface area contributed by atoms with E-state index < -0.39 is 0 Å². The van der Waals surface area contributed by atoms with E-state index in [1.54, 1.807) is 24.3 Å². The molecule has 0 atom stereocenters. The summed E-state index contributed by atoms with van der Waals surface area (Å²) in [5.41, 5.74) is 6.02. The average molecular weight is 517 g/mol. The standard InChI is InChI=1S/C25H32N4O8/c1-34-18-10-16(11-19(35-2)24(18)32)14-26-28-22(30)8-6-5-7-9-23(31)29-27-15-17-12-20(36-3)25(33)21(13-17)37-4/h10-15,32-33H,5-9H2,1-4H3,(H,28,30)(H,29,31)/b26-14+,27-15+. The van der Waals surface area contributed by atoms with Crippen LogP contribution in [0.4, 0.5) is 0 Å². The zero-order valence-corrected chi connectivity index (χ0v) is 21.2. The van der Waals surface area contributed by atoms with Gasteiger partial charge in [-0.3, -0.25) is 9.59 Å². The highest BCUT2D eigenvalue weighted by molar-refractivity contribution is 5.85. The van der Waals surface area contributed by atoms with Gasteiger partial charge in [-0.05, 0) is 37.1 Å². The number of phenolic OH excluding ortho intramolecular Hbond substituents is 2. The second-order valence-electron chi connectivity index (χ2n) is 7.70. The van der Waals surface area contributed by atoms with Crippen molar-refractivity contribution in [2.24, 2.45) is 10.2 Å². The molecule has 0 aliphatic heterocycles. The summed E-state index contributed by atoms with van der Waals surface area (Å²) in [5.74, 6) is 0.136. The van der Waals surface area contributed by atoms with Crippen LogP contribution in [0.5, 0.6) is 34.5 Å². The molecule has 0 spiro atoms. The Bertz CT molecular complexity index is 996. The lowest BCUT2D eigenvalue weighted by Crippen LogP contribution is -2.18. The first-order valence-corrected chi connectivity index (χ1v) is 11.4. The number of ether oxygens (including phenoxy) is 4. The number of carbonyl (C=O) groups excluding carboxylic acids is 2. The first-order chi connectivity index (χ1) is 17.8. The second-order valence-corrected chi connectivity index (χ2v) is 7.70. The molecular formula is C25H32N4O8. The van der Waals surface area contributed by atoms with Gasteiger partial charge in [-0.25, -0.2) is 10.9 Å². The van der Waals surface area contributed by atoms with Crippen LogP contribution in [0.25, 0.3) is 0 Å². The normalized spacial score (nSPS) is 10.9. The molecule has 0 aliphatic rings. The Kier molecular flexibility index (Phi) is 11.5. The largest absolute Gasteiger partial charge is 0.502 e. The predicted molar refractivity (Wildman–Crippen MR) is 137 cm³/mol. The maximum absolute atomic E-state index is 12.0. The molecule has 2 aromatic carbocycles. The van der Waals surface area contributed by atoms with Gasteiger partial charge in [-0.2, -0.15) is 10.2 Å². The molecule has 0 radical (unpaired) electrons. The third kappa shape index (κ3) is 8.91. The van der Waals surface area contributed by atoms with Crippen molar-refractivity contribution in [3.63, 3.8) is 0 Å². The van der Waals surface area contributed by atoms with Gasteiger partial charge < -0.3 is 29.2 Å². The Morgan fingerprint density at radius 2 is 1.00 bits per heavy atom. The van der Waals surface area contributed by atoms with Crippen LogP contribution in [0.1, 0.15) is 43.2 Å². The monoisotopic (exact) mass is 516 g/mol. The molecule has 0 fully saturated rings. The number of hydrogen-bond acceptors (Lipinski definition) is 10. The number of phenols is 2. The third-order valence-corrected chi connectivity index (χ3v) is 5.12. The highest BCUT2D eigenvalue weighted by atomic mass is 16.5. The summed E-state index contributed by atoms with van der Waals surface area (Å²) >= 11 is 0. The lowest BCUT2D eigenvalue weighted by molar-refractivity contribution is -0.121. The molecule has 0 aromatic heterocycles. The Morgan fingerprint density at radius 3 is 1.30 bits per heavy atom. The van der Waals surface area contributed by atoms with E-state index in [1.165, 1.54) is 40.9 Å². The average Bonchev–Trinajstić information content (AvgIpc) is 2.89. The molecule has 0 bridgehead atoms. The van der Waals surface area contributed by atoms with Crippen LogP contribution in [-0.2, 0) is 9.59 Å². The van der Waals surface area contributed by atoms with Crippen molar-refractivity contribution in [1.29, 1.82) is 0 Å². The van der Waals surface area contributed by atoms with Gasteiger partial charge in [0.05, 0.1) is 40.9 Å². The van der Waals surface area contributed by atoms with Gasteiger partial charge in [0.15, 0.2) is 23.0 Å². The first-order valence-electron chi connectivity index (χ1n) is 11.4. The Labute approximate surface area is 214 Å². The van der Waals surface area contributed by atoms with Crippen molar-refractivity contribution >= 4 is 24.2 Å². The van der Waals surface area contributed by atoms with Gasteiger partial charge in [0.25, 0.3) is 0 Å². The lowest BCUT2D eigenvalue weighted by Gasteiger charge is -2.09. The van der Waals surface area contributed by atoms with E-state index in [0.717, 1.165) is 0 Å². The summed E-state index contributed by atoms with van der Waals surface area (Å²) in [5, 5.41) is 27.7. The molecule has 0 aliphatic carbocycles. The van der Waals surface area contributed by atoms with Crippen molar-refractivity contribution in [3.05, 3.63) is 35.4 Å². The van der Waals surface area contributed by atoms with Crippen LogP contribution in [0.15, 0.2) is 34.5 Å². The summed E-state index contributed by atoms with van der Waals surface area (Å²) in [6.45, 7) is 0. The number of nitrogens with one attached hydrogen (secondary N) is 2. The van der Waals surface area contributed by atoms with Crippen LogP contribution in [0, 0.1) is 0 Å². The van der Waals surface area contributed by atoms with E-state index in [9.17, 15) is 19.8 Å². The summed E-state index contributed by atoms with van der Waals surface area (Å²) in [4.78, 5) is 23.9. The molecule has 2 aromatic rings. The van der Waals surface area contributed by atoms with Crippen molar-refractivity contribution in [1.82, 2.24) is 10.9 Å². The number of hydrazone groups is 2.